The minimum atomic E-state index is -1.21. The molecular weight excluding hydrogens is 427 g/mol. The molecule has 1 aromatic heterocycles. The summed E-state index contributed by atoms with van der Waals surface area (Å²) in [6.45, 7) is 0.860. The van der Waals surface area contributed by atoms with Crippen LogP contribution in [-0.4, -0.2) is 65.0 Å². The molecule has 0 saturated carbocycles. The number of amides is 4. The predicted molar refractivity (Wildman–Crippen MR) is 113 cm³/mol. The van der Waals surface area contributed by atoms with Gasteiger partial charge in [-0.1, -0.05) is 17.7 Å². The van der Waals surface area contributed by atoms with Crippen LogP contribution in [-0.2, 0) is 4.79 Å². The average molecular weight is 449 g/mol. The van der Waals surface area contributed by atoms with Gasteiger partial charge in [-0.3, -0.25) is 14.5 Å². The van der Waals surface area contributed by atoms with Crippen LogP contribution in [0.15, 0.2) is 42.6 Å². The molecule has 1 aliphatic rings. The van der Waals surface area contributed by atoms with Crippen molar-refractivity contribution in [1.29, 1.82) is 0 Å². The summed E-state index contributed by atoms with van der Waals surface area (Å²) in [6, 6.07) is 7.72. The van der Waals surface area contributed by atoms with Gasteiger partial charge in [0.2, 0.25) is 0 Å². The Hall–Kier alpha value is -3.24. The number of aromatic nitrogens is 1. The minimum absolute atomic E-state index is 0.180. The minimum Gasteiger partial charge on any atom is -0.351 e. The lowest BCUT2D eigenvalue weighted by atomic mass is 10.1. The molecule has 1 fully saturated rings. The molecule has 1 aliphatic heterocycles. The van der Waals surface area contributed by atoms with Crippen molar-refractivity contribution in [3.8, 4) is 0 Å². The van der Waals surface area contributed by atoms with Crippen molar-refractivity contribution < 1.29 is 18.8 Å². The summed E-state index contributed by atoms with van der Waals surface area (Å²) in [4.78, 5) is 45.4. The highest BCUT2D eigenvalue weighted by molar-refractivity contribution is 6.29. The van der Waals surface area contributed by atoms with Crippen LogP contribution in [0.4, 0.5) is 14.9 Å². The van der Waals surface area contributed by atoms with Crippen LogP contribution in [0, 0.1) is 5.82 Å². The van der Waals surface area contributed by atoms with Gasteiger partial charge < -0.3 is 21.3 Å². The topological polar surface area (TPSA) is 121 Å². The second-order valence-electron chi connectivity index (χ2n) is 6.81. The predicted octanol–water partition coefficient (Wildman–Crippen LogP) is 1.66. The normalized spacial score (nSPS) is 16.0. The zero-order valence-electron chi connectivity index (χ0n) is 16.6. The lowest BCUT2D eigenvalue weighted by Gasteiger charge is -2.42. The second kappa shape index (κ2) is 10.2. The van der Waals surface area contributed by atoms with Gasteiger partial charge in [-0.2, -0.15) is 0 Å². The molecule has 11 heteroatoms. The van der Waals surface area contributed by atoms with Gasteiger partial charge in [0.05, 0.1) is 5.56 Å². The average Bonchev–Trinajstić information content (AvgIpc) is 2.77. The molecule has 0 bridgehead atoms. The van der Waals surface area contributed by atoms with E-state index in [1.165, 1.54) is 46.3 Å². The second-order valence-corrected chi connectivity index (χ2v) is 7.20. The van der Waals surface area contributed by atoms with Crippen molar-refractivity contribution in [2.24, 2.45) is 5.73 Å². The number of urea groups is 1. The molecule has 1 atom stereocenters. The Kier molecular flexibility index (Phi) is 7.37. The number of carbonyl (C=O) groups excluding carboxylic acids is 3. The van der Waals surface area contributed by atoms with E-state index in [0.29, 0.717) is 6.42 Å². The maximum absolute atomic E-state index is 13.5. The summed E-state index contributed by atoms with van der Waals surface area (Å²) < 4.78 is 13.5. The van der Waals surface area contributed by atoms with Gasteiger partial charge in [0.25, 0.3) is 11.8 Å². The molecule has 164 valence electrons. The quantitative estimate of drug-likeness (QED) is 0.601. The molecule has 2 heterocycles. The van der Waals surface area contributed by atoms with Gasteiger partial charge in [-0.25, -0.2) is 14.2 Å². The van der Waals surface area contributed by atoms with E-state index in [1.54, 1.807) is 0 Å². The Morgan fingerprint density at radius 2 is 1.97 bits per heavy atom. The molecule has 4 N–H and O–H groups in total. The smallest absolute Gasteiger partial charge is 0.323 e. The van der Waals surface area contributed by atoms with E-state index in [0.717, 1.165) is 6.07 Å². The first-order chi connectivity index (χ1) is 14.9. The number of rotatable bonds is 5. The first kappa shape index (κ1) is 22.4. The van der Waals surface area contributed by atoms with Crippen molar-refractivity contribution >= 4 is 35.1 Å². The van der Waals surface area contributed by atoms with Crippen LogP contribution in [0.2, 0.25) is 5.15 Å². The number of benzene rings is 1. The maximum Gasteiger partial charge on any atom is 0.323 e. The van der Waals surface area contributed by atoms with Crippen molar-refractivity contribution in [1.82, 2.24) is 20.1 Å². The molecule has 0 spiro atoms. The third kappa shape index (κ3) is 5.47. The van der Waals surface area contributed by atoms with Gasteiger partial charge >= 0.3 is 6.03 Å². The van der Waals surface area contributed by atoms with Gasteiger partial charge in [0, 0.05) is 38.1 Å². The Bertz CT molecular complexity index is 958. The van der Waals surface area contributed by atoms with E-state index in [-0.39, 0.29) is 42.6 Å². The van der Waals surface area contributed by atoms with Crippen LogP contribution in [0.25, 0.3) is 0 Å². The molecule has 3 rings (SSSR count). The number of nitrogens with one attached hydrogen (secondary N) is 2. The number of nitrogens with zero attached hydrogens (tertiary/aromatic N) is 3. The lowest BCUT2D eigenvalue weighted by Crippen LogP contribution is -2.64. The Morgan fingerprint density at radius 3 is 2.65 bits per heavy atom. The largest absolute Gasteiger partial charge is 0.351 e. The highest BCUT2D eigenvalue weighted by Crippen LogP contribution is 2.20. The van der Waals surface area contributed by atoms with E-state index in [4.69, 9.17) is 17.3 Å². The monoisotopic (exact) mass is 448 g/mol. The number of nitrogens with two attached hydrogens (primary N) is 1. The fraction of sp³-hybridized carbons (Fsp3) is 0.300. The number of anilines is 1. The SMILES string of the molecule is NCCNC(=O)C1N(C(=O)Nc2cccc(F)c2)CCCN1C(=O)c1ccc(Cl)nc1. The summed E-state index contributed by atoms with van der Waals surface area (Å²) in [5.41, 5.74) is 5.94. The van der Waals surface area contributed by atoms with E-state index in [2.05, 4.69) is 15.6 Å². The van der Waals surface area contributed by atoms with Crippen LogP contribution in [0.5, 0.6) is 0 Å². The molecule has 0 aliphatic carbocycles. The Morgan fingerprint density at radius 1 is 1.19 bits per heavy atom. The zero-order valence-corrected chi connectivity index (χ0v) is 17.3. The van der Waals surface area contributed by atoms with Crippen molar-refractivity contribution in [2.75, 3.05) is 31.5 Å². The highest BCUT2D eigenvalue weighted by Gasteiger charge is 2.40. The van der Waals surface area contributed by atoms with Gasteiger partial charge in [-0.05, 0) is 36.8 Å². The molecule has 1 aromatic carbocycles. The fourth-order valence-corrected chi connectivity index (χ4v) is 3.36. The summed E-state index contributed by atoms with van der Waals surface area (Å²) in [6.07, 6.45) is 0.548. The summed E-state index contributed by atoms with van der Waals surface area (Å²) >= 11 is 5.79. The van der Waals surface area contributed by atoms with Gasteiger partial charge in [-0.15, -0.1) is 0 Å². The fourth-order valence-electron chi connectivity index (χ4n) is 3.25. The van der Waals surface area contributed by atoms with Gasteiger partial charge in [0.15, 0.2) is 6.17 Å². The number of hydrogen-bond donors (Lipinski definition) is 3. The zero-order chi connectivity index (χ0) is 22.4. The maximum atomic E-state index is 13.5. The van der Waals surface area contributed by atoms with Crippen LogP contribution < -0.4 is 16.4 Å². The summed E-state index contributed by atoms with van der Waals surface area (Å²) in [7, 11) is 0. The Labute approximate surface area is 183 Å². The first-order valence-electron chi connectivity index (χ1n) is 9.64. The third-order valence-corrected chi connectivity index (χ3v) is 4.86. The number of pyridine rings is 1. The van der Waals surface area contributed by atoms with Crippen LogP contribution >= 0.6 is 11.6 Å². The molecule has 2 aromatic rings. The van der Waals surface area contributed by atoms with Crippen molar-refractivity contribution in [3.05, 3.63) is 59.1 Å². The standard InChI is InChI=1S/C20H22ClFN6O3/c21-16-6-5-13(12-25-16)19(30)27-9-2-10-28(18(27)17(29)24-8-7-23)20(31)26-15-4-1-3-14(22)11-15/h1,3-6,11-12,18H,2,7-10,23H2,(H,24,29)(H,26,31). The first-order valence-corrected chi connectivity index (χ1v) is 10.0. The molecule has 9 nitrogen and oxygen atoms in total. The third-order valence-electron chi connectivity index (χ3n) is 4.64. The number of halogens is 2. The lowest BCUT2D eigenvalue weighted by molar-refractivity contribution is -0.132. The molecule has 4 amide bonds. The summed E-state index contributed by atoms with van der Waals surface area (Å²) in [5, 5.41) is 5.43. The Balaban J connectivity index is 1.87. The van der Waals surface area contributed by atoms with Crippen molar-refractivity contribution in [2.45, 2.75) is 12.6 Å². The molecule has 31 heavy (non-hydrogen) atoms. The van der Waals surface area contributed by atoms with E-state index in [1.807, 2.05) is 0 Å². The van der Waals surface area contributed by atoms with Crippen molar-refractivity contribution in [3.63, 3.8) is 0 Å². The van der Waals surface area contributed by atoms with Crippen LogP contribution in [0.1, 0.15) is 16.8 Å². The van der Waals surface area contributed by atoms with E-state index in [9.17, 15) is 18.8 Å². The summed E-state index contributed by atoms with van der Waals surface area (Å²) in [5.74, 6) is -1.53. The number of carbonyl (C=O) groups is 3. The van der Waals surface area contributed by atoms with Crippen LogP contribution in [0.3, 0.4) is 0 Å². The highest BCUT2D eigenvalue weighted by atomic mass is 35.5. The molecule has 1 saturated heterocycles. The number of hydrogen-bond acceptors (Lipinski definition) is 5. The van der Waals surface area contributed by atoms with E-state index >= 15 is 0 Å². The van der Waals surface area contributed by atoms with Gasteiger partial charge in [0.1, 0.15) is 11.0 Å². The molecule has 0 radical (unpaired) electrons. The van der Waals surface area contributed by atoms with E-state index < -0.39 is 29.8 Å². The molecular formula is C20H22ClFN6O3. The molecule has 1 unspecified atom stereocenters.